The van der Waals surface area contributed by atoms with Gasteiger partial charge in [-0.3, -0.25) is 0 Å². The summed E-state index contributed by atoms with van der Waals surface area (Å²) in [5, 5.41) is 12.3. The topological polar surface area (TPSA) is 49.3 Å². The van der Waals surface area contributed by atoms with Crippen LogP contribution >= 0.6 is 0 Å². The highest BCUT2D eigenvalue weighted by Gasteiger charge is 2.17. The molecule has 0 aliphatic heterocycles. The minimum atomic E-state index is -0.791. The Labute approximate surface area is 103 Å². The number of hydrogen-bond donors (Lipinski definition) is 2. The van der Waals surface area contributed by atoms with E-state index in [0.29, 0.717) is 6.42 Å². The van der Waals surface area contributed by atoms with Gasteiger partial charge >= 0.3 is 5.97 Å². The van der Waals surface area contributed by atoms with Gasteiger partial charge in [-0.15, -0.1) is 0 Å². The Hall–Kier alpha value is -1.51. The van der Waals surface area contributed by atoms with Gasteiger partial charge in [-0.2, -0.15) is 0 Å². The van der Waals surface area contributed by atoms with Gasteiger partial charge in [0.15, 0.2) is 0 Å². The maximum atomic E-state index is 11.1. The molecule has 2 N–H and O–H groups in total. The van der Waals surface area contributed by atoms with Crippen molar-refractivity contribution in [1.29, 1.82) is 0 Å². The van der Waals surface area contributed by atoms with Gasteiger partial charge in [-0.05, 0) is 30.4 Å². The van der Waals surface area contributed by atoms with Gasteiger partial charge in [-0.25, -0.2) is 4.79 Å². The third-order valence-corrected chi connectivity index (χ3v) is 3.02. The summed E-state index contributed by atoms with van der Waals surface area (Å²) >= 11 is 0. The first-order chi connectivity index (χ1) is 8.13. The van der Waals surface area contributed by atoms with Crippen LogP contribution < -0.4 is 5.32 Å². The van der Waals surface area contributed by atoms with Crippen molar-refractivity contribution in [3.05, 3.63) is 29.3 Å². The third kappa shape index (κ3) is 3.22. The average molecular weight is 235 g/mol. The SMILES string of the molecule is CCc1cccc(CC)c1NC(CC)C(=O)O. The Morgan fingerprint density at radius 1 is 1.24 bits per heavy atom. The van der Waals surface area contributed by atoms with Crippen molar-refractivity contribution < 1.29 is 9.90 Å². The Kier molecular flexibility index (Phi) is 5.01. The van der Waals surface area contributed by atoms with E-state index in [1.165, 1.54) is 11.1 Å². The lowest BCUT2D eigenvalue weighted by Gasteiger charge is -2.19. The molecule has 3 nitrogen and oxygen atoms in total. The van der Waals surface area contributed by atoms with Crippen LogP contribution in [0.2, 0.25) is 0 Å². The molecule has 1 aromatic carbocycles. The van der Waals surface area contributed by atoms with E-state index in [-0.39, 0.29) is 0 Å². The molecule has 17 heavy (non-hydrogen) atoms. The highest BCUT2D eigenvalue weighted by Crippen LogP contribution is 2.23. The number of aliphatic carboxylic acids is 1. The van der Waals surface area contributed by atoms with Gasteiger partial charge in [0, 0.05) is 5.69 Å². The average Bonchev–Trinajstić information content (AvgIpc) is 2.35. The van der Waals surface area contributed by atoms with Crippen molar-refractivity contribution in [2.24, 2.45) is 0 Å². The Morgan fingerprint density at radius 3 is 2.12 bits per heavy atom. The van der Waals surface area contributed by atoms with Crippen LogP contribution in [0.4, 0.5) is 5.69 Å². The molecule has 94 valence electrons. The summed E-state index contributed by atoms with van der Waals surface area (Å²) in [7, 11) is 0. The lowest BCUT2D eigenvalue weighted by atomic mass is 10.0. The van der Waals surface area contributed by atoms with Crippen molar-refractivity contribution in [2.75, 3.05) is 5.32 Å². The van der Waals surface area contributed by atoms with Crippen molar-refractivity contribution in [3.63, 3.8) is 0 Å². The highest BCUT2D eigenvalue weighted by atomic mass is 16.4. The Balaban J connectivity index is 3.05. The molecule has 0 fully saturated rings. The molecule has 0 heterocycles. The van der Waals surface area contributed by atoms with Crippen LogP contribution in [0, 0.1) is 0 Å². The number of carbonyl (C=O) groups is 1. The van der Waals surface area contributed by atoms with Crippen LogP contribution in [-0.2, 0) is 17.6 Å². The number of anilines is 1. The molecule has 0 aliphatic rings. The molecule has 3 heteroatoms. The van der Waals surface area contributed by atoms with Crippen LogP contribution in [0.3, 0.4) is 0 Å². The minimum Gasteiger partial charge on any atom is -0.480 e. The number of para-hydroxylation sites is 1. The molecule has 1 unspecified atom stereocenters. The lowest BCUT2D eigenvalue weighted by Crippen LogP contribution is -2.29. The molecule has 0 saturated heterocycles. The second-order valence-corrected chi connectivity index (χ2v) is 4.10. The maximum Gasteiger partial charge on any atom is 0.326 e. The standard InChI is InChI=1S/C14H21NO2/c1-4-10-8-7-9-11(5-2)13(10)15-12(6-3)14(16)17/h7-9,12,15H,4-6H2,1-3H3,(H,16,17). The molecular formula is C14H21NO2. The summed E-state index contributed by atoms with van der Waals surface area (Å²) in [6, 6.07) is 5.63. The van der Waals surface area contributed by atoms with E-state index in [0.717, 1.165) is 18.5 Å². The van der Waals surface area contributed by atoms with E-state index >= 15 is 0 Å². The van der Waals surface area contributed by atoms with E-state index < -0.39 is 12.0 Å². The second kappa shape index (κ2) is 6.28. The number of aryl methyl sites for hydroxylation is 2. The molecule has 0 radical (unpaired) electrons. The molecule has 0 spiro atoms. The number of carboxylic acid groups (broad SMARTS) is 1. The van der Waals surface area contributed by atoms with Gasteiger partial charge in [0.05, 0.1) is 0 Å². The van der Waals surface area contributed by atoms with Crippen LogP contribution in [-0.4, -0.2) is 17.1 Å². The van der Waals surface area contributed by atoms with Crippen LogP contribution in [0.5, 0.6) is 0 Å². The zero-order chi connectivity index (χ0) is 12.8. The summed E-state index contributed by atoms with van der Waals surface area (Å²) in [6.45, 7) is 6.05. The minimum absolute atomic E-state index is 0.506. The molecule has 1 rings (SSSR count). The lowest BCUT2D eigenvalue weighted by molar-refractivity contribution is -0.137. The fraction of sp³-hybridized carbons (Fsp3) is 0.500. The molecule has 0 bridgehead atoms. The van der Waals surface area contributed by atoms with Gasteiger partial charge < -0.3 is 10.4 Å². The maximum absolute atomic E-state index is 11.1. The quantitative estimate of drug-likeness (QED) is 0.796. The molecule has 0 aliphatic carbocycles. The zero-order valence-corrected chi connectivity index (χ0v) is 10.8. The normalized spacial score (nSPS) is 12.2. The predicted molar refractivity (Wildman–Crippen MR) is 70.5 cm³/mol. The Morgan fingerprint density at radius 2 is 1.76 bits per heavy atom. The second-order valence-electron chi connectivity index (χ2n) is 4.10. The number of carboxylic acids is 1. The predicted octanol–water partition coefficient (Wildman–Crippen LogP) is 3.09. The van der Waals surface area contributed by atoms with E-state index in [4.69, 9.17) is 5.11 Å². The van der Waals surface area contributed by atoms with Crippen molar-refractivity contribution in [1.82, 2.24) is 0 Å². The summed E-state index contributed by atoms with van der Waals surface area (Å²) < 4.78 is 0. The van der Waals surface area contributed by atoms with Gasteiger partial charge in [0.25, 0.3) is 0 Å². The first-order valence-electron chi connectivity index (χ1n) is 6.24. The van der Waals surface area contributed by atoms with E-state index in [1.54, 1.807) is 0 Å². The fourth-order valence-electron chi connectivity index (χ4n) is 1.94. The molecular weight excluding hydrogens is 214 g/mol. The first-order valence-corrected chi connectivity index (χ1v) is 6.24. The number of hydrogen-bond acceptors (Lipinski definition) is 2. The highest BCUT2D eigenvalue weighted by molar-refractivity contribution is 5.78. The van der Waals surface area contributed by atoms with Gasteiger partial charge in [-0.1, -0.05) is 39.0 Å². The summed E-state index contributed by atoms with van der Waals surface area (Å²) in [5.74, 6) is -0.791. The van der Waals surface area contributed by atoms with Crippen LogP contribution in [0.1, 0.15) is 38.3 Å². The van der Waals surface area contributed by atoms with E-state index in [9.17, 15) is 4.79 Å². The van der Waals surface area contributed by atoms with E-state index in [2.05, 4.69) is 31.3 Å². The summed E-state index contributed by atoms with van der Waals surface area (Å²) in [5.41, 5.74) is 3.37. The largest absolute Gasteiger partial charge is 0.480 e. The summed E-state index contributed by atoms with van der Waals surface area (Å²) in [4.78, 5) is 11.1. The first kappa shape index (κ1) is 13.6. The van der Waals surface area contributed by atoms with Crippen molar-refractivity contribution in [2.45, 2.75) is 46.1 Å². The monoisotopic (exact) mass is 235 g/mol. The van der Waals surface area contributed by atoms with E-state index in [1.807, 2.05) is 13.0 Å². The third-order valence-electron chi connectivity index (χ3n) is 3.02. The van der Waals surface area contributed by atoms with Gasteiger partial charge in [0.1, 0.15) is 6.04 Å². The Bertz CT molecular complexity index is 366. The fourth-order valence-corrected chi connectivity index (χ4v) is 1.94. The molecule has 1 aromatic rings. The van der Waals surface area contributed by atoms with Crippen LogP contribution in [0.15, 0.2) is 18.2 Å². The number of rotatable bonds is 6. The number of benzene rings is 1. The molecule has 0 aromatic heterocycles. The zero-order valence-electron chi connectivity index (χ0n) is 10.8. The van der Waals surface area contributed by atoms with Crippen molar-refractivity contribution >= 4 is 11.7 Å². The van der Waals surface area contributed by atoms with Crippen LogP contribution in [0.25, 0.3) is 0 Å². The van der Waals surface area contributed by atoms with Crippen molar-refractivity contribution in [3.8, 4) is 0 Å². The number of nitrogens with one attached hydrogen (secondary N) is 1. The molecule has 1 atom stereocenters. The van der Waals surface area contributed by atoms with Gasteiger partial charge in [0.2, 0.25) is 0 Å². The molecule has 0 amide bonds. The summed E-state index contributed by atoms with van der Waals surface area (Å²) in [6.07, 6.45) is 2.40. The molecule has 0 saturated carbocycles. The smallest absolute Gasteiger partial charge is 0.326 e.